The Bertz CT molecular complexity index is 757. The Morgan fingerprint density at radius 3 is 2.33 bits per heavy atom. The molecule has 112 valence electrons. The Balaban J connectivity index is 2.51. The number of benzene rings is 2. The number of nitrogens with zero attached hydrogens (tertiary/aromatic N) is 1. The van der Waals surface area contributed by atoms with Gasteiger partial charge in [-0.2, -0.15) is 0 Å². The van der Waals surface area contributed by atoms with Crippen molar-refractivity contribution in [1.82, 2.24) is 0 Å². The molecule has 0 N–H and O–H groups in total. The molecule has 3 nitrogen and oxygen atoms in total. The summed E-state index contributed by atoms with van der Waals surface area (Å²) in [5, 5.41) is 0.566. The van der Waals surface area contributed by atoms with Crippen molar-refractivity contribution in [2.75, 3.05) is 10.6 Å². The number of aryl methyl sites for hydroxylation is 1. The minimum absolute atomic E-state index is 0.225. The summed E-state index contributed by atoms with van der Waals surface area (Å²) in [5.41, 5.74) is 3.48. The average molecular weight is 324 g/mol. The molecule has 0 fully saturated rings. The zero-order valence-electron chi connectivity index (χ0n) is 12.3. The third kappa shape index (κ3) is 3.57. The molecule has 0 aromatic heterocycles. The third-order valence-electron chi connectivity index (χ3n) is 3.52. The van der Waals surface area contributed by atoms with Crippen molar-refractivity contribution in [1.29, 1.82) is 0 Å². The molecule has 0 saturated carbocycles. The van der Waals surface area contributed by atoms with Crippen molar-refractivity contribution < 1.29 is 8.42 Å². The van der Waals surface area contributed by atoms with Gasteiger partial charge in [-0.3, -0.25) is 4.31 Å². The fourth-order valence-corrected chi connectivity index (χ4v) is 3.29. The van der Waals surface area contributed by atoms with Gasteiger partial charge in [0.25, 0.3) is 0 Å². The van der Waals surface area contributed by atoms with Crippen LogP contribution in [-0.2, 0) is 16.6 Å². The second-order valence-electron chi connectivity index (χ2n) is 5.08. The Morgan fingerprint density at radius 1 is 1.05 bits per heavy atom. The highest BCUT2D eigenvalue weighted by molar-refractivity contribution is 7.92. The predicted octanol–water partition coefficient (Wildman–Crippen LogP) is 3.92. The summed E-state index contributed by atoms with van der Waals surface area (Å²) in [5.74, 6) is 0. The number of sulfonamides is 1. The summed E-state index contributed by atoms with van der Waals surface area (Å²) in [6.45, 7) is 4.12. The van der Waals surface area contributed by atoms with Crippen LogP contribution >= 0.6 is 11.6 Å². The van der Waals surface area contributed by atoms with E-state index in [2.05, 4.69) is 0 Å². The fraction of sp³-hybridized carbons (Fsp3) is 0.250. The van der Waals surface area contributed by atoms with Gasteiger partial charge in [-0.05, 0) is 42.7 Å². The smallest absolute Gasteiger partial charge is 0.232 e. The first kappa shape index (κ1) is 15.9. The summed E-state index contributed by atoms with van der Waals surface area (Å²) in [6, 6.07) is 12.9. The summed E-state index contributed by atoms with van der Waals surface area (Å²) >= 11 is 6.16. The van der Waals surface area contributed by atoms with Gasteiger partial charge in [-0.15, -0.1) is 0 Å². The average Bonchev–Trinajstić information content (AvgIpc) is 2.40. The first-order chi connectivity index (χ1) is 9.80. The van der Waals surface area contributed by atoms with Gasteiger partial charge in [0.1, 0.15) is 0 Å². The lowest BCUT2D eigenvalue weighted by Gasteiger charge is -2.25. The first-order valence-corrected chi connectivity index (χ1v) is 8.80. The van der Waals surface area contributed by atoms with Crippen LogP contribution in [0.2, 0.25) is 5.02 Å². The lowest BCUT2D eigenvalue weighted by atomic mass is 10.1. The van der Waals surface area contributed by atoms with Gasteiger partial charge < -0.3 is 0 Å². The van der Waals surface area contributed by atoms with Crippen LogP contribution in [0.3, 0.4) is 0 Å². The second-order valence-corrected chi connectivity index (χ2v) is 7.39. The predicted molar refractivity (Wildman–Crippen MR) is 88.4 cm³/mol. The third-order valence-corrected chi connectivity index (χ3v) is 5.01. The molecule has 21 heavy (non-hydrogen) atoms. The van der Waals surface area contributed by atoms with Crippen LogP contribution in [0.1, 0.15) is 16.7 Å². The molecule has 5 heteroatoms. The maximum atomic E-state index is 12.2. The van der Waals surface area contributed by atoms with Crippen LogP contribution in [0.4, 0.5) is 5.69 Å². The van der Waals surface area contributed by atoms with Gasteiger partial charge in [-0.25, -0.2) is 8.42 Å². The van der Waals surface area contributed by atoms with Crippen LogP contribution in [-0.4, -0.2) is 14.7 Å². The summed E-state index contributed by atoms with van der Waals surface area (Å²) in [6.07, 6.45) is 1.21. The Labute approximate surface area is 131 Å². The lowest BCUT2D eigenvalue weighted by molar-refractivity contribution is 0.596. The number of halogens is 1. The van der Waals surface area contributed by atoms with Gasteiger partial charge in [0.05, 0.1) is 18.5 Å². The van der Waals surface area contributed by atoms with Crippen LogP contribution in [0, 0.1) is 13.8 Å². The number of anilines is 1. The van der Waals surface area contributed by atoms with E-state index >= 15 is 0 Å². The molecule has 0 heterocycles. The van der Waals surface area contributed by atoms with Gasteiger partial charge in [0.15, 0.2) is 0 Å². The number of rotatable bonds is 4. The topological polar surface area (TPSA) is 37.4 Å². The largest absolute Gasteiger partial charge is 0.266 e. The molecular formula is C16H18ClNO2S. The maximum Gasteiger partial charge on any atom is 0.232 e. The molecule has 0 aliphatic heterocycles. The maximum absolute atomic E-state index is 12.2. The summed E-state index contributed by atoms with van der Waals surface area (Å²) in [4.78, 5) is 0. The van der Waals surface area contributed by atoms with E-state index in [0.717, 1.165) is 16.7 Å². The first-order valence-electron chi connectivity index (χ1n) is 6.58. The molecule has 0 aliphatic rings. The van der Waals surface area contributed by atoms with E-state index in [9.17, 15) is 8.42 Å². The minimum atomic E-state index is -3.40. The number of hydrogen-bond acceptors (Lipinski definition) is 2. The molecule has 2 aromatic rings. The SMILES string of the molecule is Cc1cccc(N(Cc2ccccc2Cl)S(C)(=O)=O)c1C. The van der Waals surface area contributed by atoms with E-state index in [4.69, 9.17) is 11.6 Å². The zero-order valence-corrected chi connectivity index (χ0v) is 13.9. The van der Waals surface area contributed by atoms with Crippen LogP contribution in [0.5, 0.6) is 0 Å². The molecule has 0 amide bonds. The monoisotopic (exact) mass is 323 g/mol. The Morgan fingerprint density at radius 2 is 1.71 bits per heavy atom. The highest BCUT2D eigenvalue weighted by Gasteiger charge is 2.21. The lowest BCUT2D eigenvalue weighted by Crippen LogP contribution is -2.30. The molecular weight excluding hydrogens is 306 g/mol. The highest BCUT2D eigenvalue weighted by atomic mass is 35.5. The van der Waals surface area contributed by atoms with Crippen molar-refractivity contribution >= 4 is 27.3 Å². The normalized spacial score (nSPS) is 11.4. The molecule has 0 spiro atoms. The molecule has 0 unspecified atom stereocenters. The molecule has 0 bridgehead atoms. The quantitative estimate of drug-likeness (QED) is 0.855. The van der Waals surface area contributed by atoms with Crippen LogP contribution in [0.25, 0.3) is 0 Å². The van der Waals surface area contributed by atoms with E-state index in [-0.39, 0.29) is 6.54 Å². The highest BCUT2D eigenvalue weighted by Crippen LogP contribution is 2.28. The van der Waals surface area contributed by atoms with Crippen LogP contribution < -0.4 is 4.31 Å². The van der Waals surface area contributed by atoms with Crippen molar-refractivity contribution in [2.45, 2.75) is 20.4 Å². The van der Waals surface area contributed by atoms with E-state index in [1.54, 1.807) is 6.07 Å². The van der Waals surface area contributed by atoms with Gasteiger partial charge in [0.2, 0.25) is 10.0 Å². The second kappa shape index (κ2) is 6.08. The standard InChI is InChI=1S/C16H18ClNO2S/c1-12-7-6-10-16(13(12)2)18(21(3,19)20)11-14-8-4-5-9-15(14)17/h4-10H,11H2,1-3H3. The van der Waals surface area contributed by atoms with Crippen molar-refractivity contribution in [3.63, 3.8) is 0 Å². The zero-order chi connectivity index (χ0) is 15.6. The van der Waals surface area contributed by atoms with Crippen molar-refractivity contribution in [2.24, 2.45) is 0 Å². The number of hydrogen-bond donors (Lipinski definition) is 0. The minimum Gasteiger partial charge on any atom is -0.266 e. The summed E-state index contributed by atoms with van der Waals surface area (Å²) in [7, 11) is -3.40. The Kier molecular flexibility index (Phi) is 4.59. The molecule has 0 saturated heterocycles. The van der Waals surface area contributed by atoms with Crippen molar-refractivity contribution in [3.05, 3.63) is 64.2 Å². The van der Waals surface area contributed by atoms with Gasteiger partial charge >= 0.3 is 0 Å². The van der Waals surface area contributed by atoms with Gasteiger partial charge in [-0.1, -0.05) is 41.9 Å². The summed E-state index contributed by atoms with van der Waals surface area (Å²) < 4.78 is 25.8. The molecule has 0 radical (unpaired) electrons. The van der Waals surface area contributed by atoms with Crippen molar-refractivity contribution in [3.8, 4) is 0 Å². The molecule has 2 aromatic carbocycles. The molecule has 2 rings (SSSR count). The van der Waals surface area contributed by atoms with E-state index < -0.39 is 10.0 Å². The van der Waals surface area contributed by atoms with Crippen LogP contribution in [0.15, 0.2) is 42.5 Å². The van der Waals surface area contributed by atoms with E-state index in [1.165, 1.54) is 10.6 Å². The molecule has 0 aliphatic carbocycles. The molecule has 0 atom stereocenters. The van der Waals surface area contributed by atoms with E-state index in [1.807, 2.05) is 50.2 Å². The van der Waals surface area contributed by atoms with Gasteiger partial charge in [0, 0.05) is 5.02 Å². The van der Waals surface area contributed by atoms with E-state index in [0.29, 0.717) is 10.7 Å². The Hall–Kier alpha value is -1.52. The fourth-order valence-electron chi connectivity index (χ4n) is 2.17.